The molecule has 55 heavy (non-hydrogen) atoms. The number of allylic oxidation sites excluding steroid dienone is 10. The highest BCUT2D eigenvalue weighted by Crippen LogP contribution is 2.44. The molecule has 2 aliphatic rings. The molecular weight excluding hydrogens is 665 g/mol. The van der Waals surface area contributed by atoms with Crippen molar-refractivity contribution >= 4 is 67.4 Å². The van der Waals surface area contributed by atoms with E-state index in [2.05, 4.69) is 205 Å². The summed E-state index contributed by atoms with van der Waals surface area (Å²) >= 11 is 0. The number of fused-ring (bicyclic) bond motifs is 8. The lowest BCUT2D eigenvalue weighted by molar-refractivity contribution is 1.07. The van der Waals surface area contributed by atoms with Gasteiger partial charge in [0.1, 0.15) is 0 Å². The first-order valence-electron chi connectivity index (χ1n) is 19.2. The molecule has 2 aliphatic carbocycles. The molecule has 0 aliphatic heterocycles. The molecule has 8 aromatic rings. The van der Waals surface area contributed by atoms with Crippen LogP contribution in [0.3, 0.4) is 0 Å². The number of hydrogen-bond donors (Lipinski definition) is 0. The van der Waals surface area contributed by atoms with E-state index in [1.807, 2.05) is 12.2 Å². The van der Waals surface area contributed by atoms with Gasteiger partial charge in [-0.2, -0.15) is 0 Å². The van der Waals surface area contributed by atoms with Crippen LogP contribution in [0.5, 0.6) is 0 Å². The Balaban J connectivity index is 1.26. The minimum atomic E-state index is 0.0283. The van der Waals surface area contributed by atoms with Gasteiger partial charge in [-0.15, -0.1) is 0 Å². The van der Waals surface area contributed by atoms with Gasteiger partial charge in [0.2, 0.25) is 0 Å². The molecule has 10 rings (SSSR count). The molecular formula is C53H40N2. The SMILES string of the molecule is C=C/C=C\C(=C/C)n1c2c(c3ccccc31)=CC=CC(c1c3c(c(-c4ccc5c6ccccc6n(-c6ccccc6)c5c4)c4ccccc14)CC=CC=C3)C=2. The summed E-state index contributed by atoms with van der Waals surface area (Å²) in [5, 5.41) is 8.78. The monoisotopic (exact) mass is 704 g/mol. The number of aromatic nitrogens is 2. The molecule has 0 fully saturated rings. The van der Waals surface area contributed by atoms with E-state index in [1.165, 1.54) is 87.6 Å². The lowest BCUT2D eigenvalue weighted by Gasteiger charge is -2.23. The maximum absolute atomic E-state index is 3.95. The van der Waals surface area contributed by atoms with Crippen molar-refractivity contribution in [2.45, 2.75) is 19.3 Å². The molecule has 0 bridgehead atoms. The third-order valence-electron chi connectivity index (χ3n) is 11.4. The summed E-state index contributed by atoms with van der Waals surface area (Å²) in [7, 11) is 0. The zero-order chi connectivity index (χ0) is 36.9. The second-order valence-corrected chi connectivity index (χ2v) is 14.3. The minimum absolute atomic E-state index is 0.0283. The van der Waals surface area contributed by atoms with Crippen LogP contribution in [0.15, 0.2) is 183 Å². The molecule has 1 unspecified atom stereocenters. The van der Waals surface area contributed by atoms with Crippen molar-refractivity contribution in [3.05, 3.63) is 210 Å². The smallest absolute Gasteiger partial charge is 0.0547 e. The largest absolute Gasteiger partial charge is 0.310 e. The summed E-state index contributed by atoms with van der Waals surface area (Å²) in [5.41, 5.74) is 12.5. The van der Waals surface area contributed by atoms with Crippen LogP contribution in [0.2, 0.25) is 0 Å². The Morgan fingerprint density at radius 3 is 2.25 bits per heavy atom. The number of rotatable bonds is 6. The van der Waals surface area contributed by atoms with E-state index in [1.54, 1.807) is 0 Å². The summed E-state index contributed by atoms with van der Waals surface area (Å²) in [6.45, 7) is 6.07. The van der Waals surface area contributed by atoms with Crippen LogP contribution in [0, 0.1) is 0 Å². The van der Waals surface area contributed by atoms with Gasteiger partial charge in [-0.05, 0) is 94.4 Å². The molecule has 0 N–H and O–H groups in total. The van der Waals surface area contributed by atoms with E-state index in [9.17, 15) is 0 Å². The van der Waals surface area contributed by atoms with Gasteiger partial charge in [0.15, 0.2) is 0 Å². The second kappa shape index (κ2) is 13.5. The molecule has 0 radical (unpaired) electrons. The van der Waals surface area contributed by atoms with Gasteiger partial charge in [-0.1, -0.05) is 158 Å². The maximum atomic E-state index is 3.95. The molecule has 2 aromatic heterocycles. The zero-order valence-corrected chi connectivity index (χ0v) is 30.9. The summed E-state index contributed by atoms with van der Waals surface area (Å²) in [5.74, 6) is 0.0283. The Kier molecular flexibility index (Phi) is 8.03. The third kappa shape index (κ3) is 5.25. The Labute approximate surface area is 321 Å². The molecule has 2 heterocycles. The molecule has 0 amide bonds. The van der Waals surface area contributed by atoms with Crippen LogP contribution >= 0.6 is 0 Å². The van der Waals surface area contributed by atoms with Gasteiger partial charge >= 0.3 is 0 Å². The number of hydrogen-bond acceptors (Lipinski definition) is 0. The van der Waals surface area contributed by atoms with Crippen molar-refractivity contribution in [2.75, 3.05) is 0 Å². The highest BCUT2D eigenvalue weighted by Gasteiger charge is 2.24. The molecule has 262 valence electrons. The normalized spacial score (nSPS) is 15.3. The minimum Gasteiger partial charge on any atom is -0.310 e. The predicted octanol–water partition coefficient (Wildman–Crippen LogP) is 12.2. The maximum Gasteiger partial charge on any atom is 0.0547 e. The number of para-hydroxylation sites is 3. The van der Waals surface area contributed by atoms with Gasteiger partial charge in [0, 0.05) is 38.7 Å². The number of benzene rings is 6. The van der Waals surface area contributed by atoms with Crippen molar-refractivity contribution in [2.24, 2.45) is 0 Å². The highest BCUT2D eigenvalue weighted by atomic mass is 15.0. The molecule has 2 nitrogen and oxygen atoms in total. The van der Waals surface area contributed by atoms with E-state index < -0.39 is 0 Å². The summed E-state index contributed by atoms with van der Waals surface area (Å²) in [6, 6.07) is 44.4. The first-order valence-corrected chi connectivity index (χ1v) is 19.2. The van der Waals surface area contributed by atoms with Crippen molar-refractivity contribution in [3.8, 4) is 16.8 Å². The van der Waals surface area contributed by atoms with Gasteiger partial charge in [-0.3, -0.25) is 0 Å². The summed E-state index contributed by atoms with van der Waals surface area (Å²) in [4.78, 5) is 0. The fourth-order valence-corrected chi connectivity index (χ4v) is 9.08. The topological polar surface area (TPSA) is 9.86 Å². The van der Waals surface area contributed by atoms with Crippen LogP contribution in [-0.2, 0) is 6.42 Å². The Morgan fingerprint density at radius 2 is 1.44 bits per heavy atom. The Hall–Kier alpha value is -6.90. The van der Waals surface area contributed by atoms with Gasteiger partial charge in [-0.25, -0.2) is 0 Å². The van der Waals surface area contributed by atoms with Crippen LogP contribution in [-0.4, -0.2) is 9.13 Å². The second-order valence-electron chi connectivity index (χ2n) is 14.3. The molecule has 0 spiro atoms. The van der Waals surface area contributed by atoms with E-state index in [0.717, 1.165) is 12.1 Å². The van der Waals surface area contributed by atoms with Crippen molar-refractivity contribution in [3.63, 3.8) is 0 Å². The van der Waals surface area contributed by atoms with E-state index in [4.69, 9.17) is 0 Å². The lowest BCUT2D eigenvalue weighted by atomic mass is 9.80. The fraction of sp³-hybridized carbons (Fsp3) is 0.0566. The van der Waals surface area contributed by atoms with Crippen molar-refractivity contribution in [1.82, 2.24) is 9.13 Å². The van der Waals surface area contributed by atoms with Crippen LogP contribution in [0.25, 0.3) is 84.2 Å². The average molecular weight is 705 g/mol. The fourth-order valence-electron chi connectivity index (χ4n) is 9.08. The first-order chi connectivity index (χ1) is 27.2. The summed E-state index contributed by atoms with van der Waals surface area (Å²) < 4.78 is 4.83. The Bertz CT molecular complexity index is 3140. The zero-order valence-electron chi connectivity index (χ0n) is 30.9. The van der Waals surface area contributed by atoms with E-state index >= 15 is 0 Å². The highest BCUT2D eigenvalue weighted by molar-refractivity contribution is 6.12. The van der Waals surface area contributed by atoms with Crippen LogP contribution < -0.4 is 10.6 Å². The molecule has 1 atom stereocenters. The molecule has 2 heteroatoms. The van der Waals surface area contributed by atoms with E-state index in [-0.39, 0.29) is 5.92 Å². The standard InChI is InChI=1S/C53H40N2/c1-3-5-20-38(4-2)54-48-30-16-14-23-40(48)42-29-18-19-36(34-50(42)54)52-44-25-10-7-11-26-45(44)53(47-28-13-12-27-46(47)52)37-32-33-43-41-24-15-17-31-49(41)55(51(43)35-37)39-21-8-6-9-22-39/h3-25,27-36H,1,26H2,2H3/b20-5-,38-4+. The average Bonchev–Trinajstić information content (AvgIpc) is 3.45. The number of nitrogens with zero attached hydrogens (tertiary/aromatic N) is 2. The quantitative estimate of drug-likeness (QED) is 0.153. The first kappa shape index (κ1) is 32.7. The van der Waals surface area contributed by atoms with E-state index in [0.29, 0.717) is 0 Å². The van der Waals surface area contributed by atoms with Crippen LogP contribution in [0.4, 0.5) is 0 Å². The predicted molar refractivity (Wildman–Crippen MR) is 237 cm³/mol. The molecule has 6 aromatic carbocycles. The summed E-state index contributed by atoms with van der Waals surface area (Å²) in [6.07, 6.45) is 27.6. The van der Waals surface area contributed by atoms with Gasteiger partial charge in [0.05, 0.1) is 21.9 Å². The van der Waals surface area contributed by atoms with Crippen molar-refractivity contribution in [1.29, 1.82) is 0 Å². The molecule has 0 saturated carbocycles. The van der Waals surface area contributed by atoms with Crippen LogP contribution in [0.1, 0.15) is 29.5 Å². The van der Waals surface area contributed by atoms with Crippen molar-refractivity contribution < 1.29 is 0 Å². The Morgan fingerprint density at radius 1 is 0.709 bits per heavy atom. The molecule has 0 saturated heterocycles. The van der Waals surface area contributed by atoms with Gasteiger partial charge in [0.25, 0.3) is 0 Å². The third-order valence-corrected chi connectivity index (χ3v) is 11.4. The lowest BCUT2D eigenvalue weighted by Crippen LogP contribution is -2.29. The van der Waals surface area contributed by atoms with Gasteiger partial charge < -0.3 is 9.13 Å².